The molecule has 2 aromatic heterocycles. The first-order valence-electron chi connectivity index (χ1n) is 8.90. The molecule has 0 radical (unpaired) electrons. The molecule has 0 bridgehead atoms. The molecule has 25 heavy (non-hydrogen) atoms. The lowest BCUT2D eigenvalue weighted by Crippen LogP contribution is -2.37. The van der Waals surface area contributed by atoms with Gasteiger partial charge in [-0.1, -0.05) is 24.2 Å². The van der Waals surface area contributed by atoms with E-state index >= 15 is 0 Å². The number of aryl methyl sites for hydroxylation is 2. The molecular formula is C18H29N5O2. The van der Waals surface area contributed by atoms with Gasteiger partial charge in [0, 0.05) is 24.7 Å². The van der Waals surface area contributed by atoms with E-state index in [1.54, 1.807) is 0 Å². The highest BCUT2D eigenvalue weighted by molar-refractivity contribution is 5.79. The number of aliphatic imine (C=N–C) groups is 1. The van der Waals surface area contributed by atoms with Gasteiger partial charge in [-0.05, 0) is 39.5 Å². The maximum atomic E-state index is 5.33. The Balaban J connectivity index is 1.82. The molecule has 0 aliphatic carbocycles. The quantitative estimate of drug-likeness (QED) is 0.433. The maximum absolute atomic E-state index is 5.33. The van der Waals surface area contributed by atoms with Crippen LogP contribution in [0, 0.1) is 13.8 Å². The fourth-order valence-corrected chi connectivity index (χ4v) is 2.51. The summed E-state index contributed by atoms with van der Waals surface area (Å²) in [5.74, 6) is 2.82. The summed E-state index contributed by atoms with van der Waals surface area (Å²) in [6.07, 6.45) is 1.92. The Morgan fingerprint density at radius 1 is 1.20 bits per heavy atom. The first-order chi connectivity index (χ1) is 12.0. The second-order valence-corrected chi connectivity index (χ2v) is 6.40. The molecule has 0 saturated carbocycles. The van der Waals surface area contributed by atoms with Crippen LogP contribution < -0.4 is 10.6 Å². The van der Waals surface area contributed by atoms with Gasteiger partial charge in [0.1, 0.15) is 12.3 Å². The normalized spacial score (nSPS) is 12.0. The number of guanidine groups is 1. The van der Waals surface area contributed by atoms with Gasteiger partial charge in [0.15, 0.2) is 11.7 Å². The molecule has 2 rings (SSSR count). The summed E-state index contributed by atoms with van der Waals surface area (Å²) < 4.78 is 10.5. The average Bonchev–Trinajstić information content (AvgIpc) is 3.17. The zero-order valence-electron chi connectivity index (χ0n) is 15.8. The van der Waals surface area contributed by atoms with Crippen LogP contribution in [0.4, 0.5) is 0 Å². The van der Waals surface area contributed by atoms with Crippen LogP contribution in [-0.4, -0.2) is 29.4 Å². The SMILES string of the molecule is CCNC(=NCc1cc(C(C)C)no1)NCCCc1c(C)noc1C. The summed E-state index contributed by atoms with van der Waals surface area (Å²) in [6.45, 7) is 12.3. The zero-order valence-corrected chi connectivity index (χ0v) is 15.8. The third kappa shape index (κ3) is 5.62. The van der Waals surface area contributed by atoms with E-state index in [9.17, 15) is 0 Å². The van der Waals surface area contributed by atoms with Gasteiger partial charge >= 0.3 is 0 Å². The highest BCUT2D eigenvalue weighted by Gasteiger charge is 2.09. The number of rotatable bonds is 8. The second kappa shape index (κ2) is 9.25. The number of aromatic nitrogens is 2. The van der Waals surface area contributed by atoms with Crippen LogP contribution in [0.5, 0.6) is 0 Å². The van der Waals surface area contributed by atoms with Crippen molar-refractivity contribution in [2.75, 3.05) is 13.1 Å². The molecule has 0 saturated heterocycles. The lowest BCUT2D eigenvalue weighted by molar-refractivity contribution is 0.376. The number of hydrogen-bond acceptors (Lipinski definition) is 5. The van der Waals surface area contributed by atoms with Crippen LogP contribution in [-0.2, 0) is 13.0 Å². The Morgan fingerprint density at radius 2 is 2.00 bits per heavy atom. The van der Waals surface area contributed by atoms with E-state index in [1.165, 1.54) is 5.56 Å². The minimum absolute atomic E-state index is 0.358. The van der Waals surface area contributed by atoms with E-state index in [1.807, 2.05) is 26.8 Å². The monoisotopic (exact) mass is 347 g/mol. The van der Waals surface area contributed by atoms with Crippen molar-refractivity contribution in [3.05, 3.63) is 34.5 Å². The molecule has 2 aromatic rings. The molecule has 138 valence electrons. The van der Waals surface area contributed by atoms with Gasteiger partial charge in [-0.25, -0.2) is 4.99 Å². The first-order valence-corrected chi connectivity index (χ1v) is 8.90. The third-order valence-corrected chi connectivity index (χ3v) is 3.98. The van der Waals surface area contributed by atoms with E-state index in [4.69, 9.17) is 9.05 Å². The number of nitrogens with zero attached hydrogens (tertiary/aromatic N) is 3. The second-order valence-electron chi connectivity index (χ2n) is 6.40. The molecule has 0 aliphatic rings. The van der Waals surface area contributed by atoms with E-state index in [0.717, 1.165) is 54.8 Å². The molecule has 0 amide bonds. The summed E-state index contributed by atoms with van der Waals surface area (Å²) in [5, 5.41) is 14.6. The molecule has 0 spiro atoms. The van der Waals surface area contributed by atoms with Crippen LogP contribution in [0.3, 0.4) is 0 Å². The van der Waals surface area contributed by atoms with Gasteiger partial charge in [0.2, 0.25) is 0 Å². The summed E-state index contributed by atoms with van der Waals surface area (Å²) in [5.41, 5.74) is 3.14. The van der Waals surface area contributed by atoms with Gasteiger partial charge in [-0.3, -0.25) is 0 Å². The Morgan fingerprint density at radius 3 is 2.60 bits per heavy atom. The summed E-state index contributed by atoms with van der Waals surface area (Å²) in [6, 6.07) is 1.97. The van der Waals surface area contributed by atoms with Crippen LogP contribution in [0.1, 0.15) is 61.6 Å². The van der Waals surface area contributed by atoms with Crippen molar-refractivity contribution < 1.29 is 9.05 Å². The van der Waals surface area contributed by atoms with Crippen LogP contribution >= 0.6 is 0 Å². The summed E-state index contributed by atoms with van der Waals surface area (Å²) in [7, 11) is 0. The van der Waals surface area contributed by atoms with E-state index in [0.29, 0.717) is 12.5 Å². The third-order valence-electron chi connectivity index (χ3n) is 3.98. The molecule has 7 nitrogen and oxygen atoms in total. The zero-order chi connectivity index (χ0) is 18.2. The molecule has 2 heterocycles. The predicted molar refractivity (Wildman–Crippen MR) is 97.7 cm³/mol. The fraction of sp³-hybridized carbons (Fsp3) is 0.611. The number of nitrogens with one attached hydrogen (secondary N) is 2. The van der Waals surface area contributed by atoms with Crippen molar-refractivity contribution in [1.82, 2.24) is 20.9 Å². The number of hydrogen-bond donors (Lipinski definition) is 2. The molecule has 0 fully saturated rings. The molecule has 2 N–H and O–H groups in total. The first kappa shape index (κ1) is 19.0. The lowest BCUT2D eigenvalue weighted by atomic mass is 10.1. The Labute approximate surface area is 149 Å². The van der Waals surface area contributed by atoms with Gasteiger partial charge in [-0.2, -0.15) is 0 Å². The molecule has 0 atom stereocenters. The Hall–Kier alpha value is -2.31. The highest BCUT2D eigenvalue weighted by atomic mass is 16.5. The van der Waals surface area contributed by atoms with Gasteiger partial charge in [-0.15, -0.1) is 0 Å². The van der Waals surface area contributed by atoms with Gasteiger partial charge in [0.25, 0.3) is 0 Å². The van der Waals surface area contributed by atoms with Crippen LogP contribution in [0.25, 0.3) is 0 Å². The van der Waals surface area contributed by atoms with E-state index < -0.39 is 0 Å². The van der Waals surface area contributed by atoms with Crippen molar-refractivity contribution in [2.24, 2.45) is 4.99 Å². The Kier molecular flexibility index (Phi) is 7.03. The average molecular weight is 347 g/mol. The standard InChI is InChI=1S/C18H29N5O2/c1-6-19-18(21-11-15-10-17(12(2)3)23-25-15)20-9-7-8-16-13(4)22-24-14(16)5/h10,12H,6-9,11H2,1-5H3,(H2,19,20,21). The van der Waals surface area contributed by atoms with Crippen LogP contribution in [0.15, 0.2) is 20.1 Å². The minimum Gasteiger partial charge on any atom is -0.361 e. The minimum atomic E-state index is 0.358. The van der Waals surface area contributed by atoms with Crippen molar-refractivity contribution in [1.29, 1.82) is 0 Å². The van der Waals surface area contributed by atoms with Crippen molar-refractivity contribution in [3.8, 4) is 0 Å². The smallest absolute Gasteiger partial charge is 0.191 e. The molecule has 7 heteroatoms. The predicted octanol–water partition coefficient (Wildman–Crippen LogP) is 3.09. The van der Waals surface area contributed by atoms with Gasteiger partial charge < -0.3 is 19.7 Å². The lowest BCUT2D eigenvalue weighted by Gasteiger charge is -2.10. The topological polar surface area (TPSA) is 88.5 Å². The van der Waals surface area contributed by atoms with Crippen molar-refractivity contribution in [2.45, 2.75) is 59.9 Å². The van der Waals surface area contributed by atoms with E-state index in [2.05, 4.69) is 39.8 Å². The Bertz CT molecular complexity index is 668. The summed E-state index contributed by atoms with van der Waals surface area (Å²) >= 11 is 0. The van der Waals surface area contributed by atoms with Crippen molar-refractivity contribution >= 4 is 5.96 Å². The molecular weight excluding hydrogens is 318 g/mol. The van der Waals surface area contributed by atoms with Gasteiger partial charge in [0.05, 0.1) is 11.4 Å². The highest BCUT2D eigenvalue weighted by Crippen LogP contribution is 2.15. The van der Waals surface area contributed by atoms with Crippen LogP contribution in [0.2, 0.25) is 0 Å². The van der Waals surface area contributed by atoms with E-state index in [-0.39, 0.29) is 0 Å². The largest absolute Gasteiger partial charge is 0.361 e. The molecule has 0 unspecified atom stereocenters. The molecule has 0 aromatic carbocycles. The summed E-state index contributed by atoms with van der Waals surface area (Å²) in [4.78, 5) is 4.56. The molecule has 0 aliphatic heterocycles. The maximum Gasteiger partial charge on any atom is 0.191 e. The van der Waals surface area contributed by atoms with Crippen molar-refractivity contribution in [3.63, 3.8) is 0 Å². The fourth-order valence-electron chi connectivity index (χ4n) is 2.51.